The molecule has 0 radical (unpaired) electrons. The summed E-state index contributed by atoms with van der Waals surface area (Å²) in [6.07, 6.45) is 0.467. The van der Waals surface area contributed by atoms with Crippen LogP contribution in [0.5, 0.6) is 5.75 Å². The molecular weight excluding hydrogens is 238 g/mol. The number of carboxylic acid groups (broad SMARTS) is 1. The van der Waals surface area contributed by atoms with E-state index in [0.29, 0.717) is 12.1 Å². The van der Waals surface area contributed by atoms with E-state index in [0.717, 1.165) is 22.6 Å². The van der Waals surface area contributed by atoms with Gasteiger partial charge >= 0.3 is 5.97 Å². The molecule has 1 N–H and O–H groups in total. The second kappa shape index (κ2) is 4.97. The van der Waals surface area contributed by atoms with Crippen LogP contribution in [0.25, 0.3) is 0 Å². The SMILES string of the molecule is COc1ccccc1Cc1ncsc1C(=O)O. The monoisotopic (exact) mass is 249 g/mol. The second-order valence-electron chi connectivity index (χ2n) is 3.42. The molecule has 0 amide bonds. The number of carbonyl (C=O) groups is 1. The Hall–Kier alpha value is -1.88. The number of thiazole rings is 1. The average molecular weight is 249 g/mol. The summed E-state index contributed by atoms with van der Waals surface area (Å²) < 4.78 is 5.22. The van der Waals surface area contributed by atoms with E-state index in [2.05, 4.69) is 4.98 Å². The van der Waals surface area contributed by atoms with Gasteiger partial charge in [0.25, 0.3) is 0 Å². The number of para-hydroxylation sites is 1. The first-order valence-corrected chi connectivity index (χ1v) is 5.88. The lowest BCUT2D eigenvalue weighted by atomic mass is 10.1. The van der Waals surface area contributed by atoms with E-state index in [1.54, 1.807) is 12.6 Å². The molecular formula is C12H11NO3S. The van der Waals surface area contributed by atoms with Crippen LogP contribution in [0, 0.1) is 0 Å². The molecule has 0 atom stereocenters. The fourth-order valence-corrected chi connectivity index (χ4v) is 2.25. The zero-order chi connectivity index (χ0) is 12.3. The minimum Gasteiger partial charge on any atom is -0.496 e. The summed E-state index contributed by atoms with van der Waals surface area (Å²) in [4.78, 5) is 15.3. The Balaban J connectivity index is 2.31. The summed E-state index contributed by atoms with van der Waals surface area (Å²) in [7, 11) is 1.60. The Kier molecular flexibility index (Phi) is 3.39. The van der Waals surface area contributed by atoms with Gasteiger partial charge in [-0.3, -0.25) is 0 Å². The highest BCUT2D eigenvalue weighted by atomic mass is 32.1. The van der Waals surface area contributed by atoms with Crippen molar-refractivity contribution in [2.45, 2.75) is 6.42 Å². The molecule has 5 heteroatoms. The molecule has 0 aliphatic rings. The van der Waals surface area contributed by atoms with Gasteiger partial charge in [-0.2, -0.15) is 0 Å². The van der Waals surface area contributed by atoms with E-state index >= 15 is 0 Å². The average Bonchev–Trinajstić information content (AvgIpc) is 2.78. The highest BCUT2D eigenvalue weighted by Gasteiger charge is 2.15. The fourth-order valence-electron chi connectivity index (χ4n) is 1.60. The van der Waals surface area contributed by atoms with Crippen molar-refractivity contribution in [2.24, 2.45) is 0 Å². The summed E-state index contributed by atoms with van der Waals surface area (Å²) in [6.45, 7) is 0. The van der Waals surface area contributed by atoms with E-state index in [9.17, 15) is 4.79 Å². The second-order valence-corrected chi connectivity index (χ2v) is 4.28. The molecule has 88 valence electrons. The van der Waals surface area contributed by atoms with E-state index in [4.69, 9.17) is 9.84 Å². The number of rotatable bonds is 4. The molecule has 1 aromatic heterocycles. The van der Waals surface area contributed by atoms with Gasteiger partial charge in [0, 0.05) is 12.0 Å². The van der Waals surface area contributed by atoms with Crippen molar-refractivity contribution >= 4 is 17.3 Å². The lowest BCUT2D eigenvalue weighted by Gasteiger charge is -2.06. The molecule has 0 saturated heterocycles. The fraction of sp³-hybridized carbons (Fsp3) is 0.167. The molecule has 1 heterocycles. The van der Waals surface area contributed by atoms with E-state index < -0.39 is 5.97 Å². The van der Waals surface area contributed by atoms with E-state index in [-0.39, 0.29) is 4.88 Å². The van der Waals surface area contributed by atoms with Gasteiger partial charge in [-0.1, -0.05) is 18.2 Å². The summed E-state index contributed by atoms with van der Waals surface area (Å²) >= 11 is 1.14. The number of hydrogen-bond donors (Lipinski definition) is 1. The van der Waals surface area contributed by atoms with Crippen LogP contribution >= 0.6 is 11.3 Å². The molecule has 2 rings (SSSR count). The number of aromatic nitrogens is 1. The van der Waals surface area contributed by atoms with Crippen LogP contribution in [0.3, 0.4) is 0 Å². The minimum absolute atomic E-state index is 0.288. The van der Waals surface area contributed by atoms with Crippen molar-refractivity contribution in [1.29, 1.82) is 0 Å². The molecule has 0 unspecified atom stereocenters. The quantitative estimate of drug-likeness (QED) is 0.904. The molecule has 0 aliphatic carbocycles. The van der Waals surface area contributed by atoms with Crippen LogP contribution in [0.1, 0.15) is 20.9 Å². The first-order valence-electron chi connectivity index (χ1n) is 5.00. The van der Waals surface area contributed by atoms with Crippen molar-refractivity contribution in [1.82, 2.24) is 4.98 Å². The zero-order valence-corrected chi connectivity index (χ0v) is 10.0. The predicted molar refractivity (Wildman–Crippen MR) is 64.9 cm³/mol. The van der Waals surface area contributed by atoms with Crippen LogP contribution in [0.15, 0.2) is 29.8 Å². The Bertz CT molecular complexity index is 536. The standard InChI is InChI=1S/C12H11NO3S/c1-16-10-5-3-2-4-8(10)6-9-11(12(14)15)17-7-13-9/h2-5,7H,6H2,1H3,(H,14,15). The van der Waals surface area contributed by atoms with Gasteiger partial charge in [-0.25, -0.2) is 9.78 Å². The van der Waals surface area contributed by atoms with Crippen LogP contribution in [-0.2, 0) is 6.42 Å². The summed E-state index contributed by atoms with van der Waals surface area (Å²) in [5.41, 5.74) is 3.06. The lowest BCUT2D eigenvalue weighted by molar-refractivity contribution is 0.0701. The first-order chi connectivity index (χ1) is 8.22. The van der Waals surface area contributed by atoms with Gasteiger partial charge in [0.05, 0.1) is 18.3 Å². The van der Waals surface area contributed by atoms with Gasteiger partial charge in [0.15, 0.2) is 0 Å². The Labute approximate surface area is 103 Å². The van der Waals surface area contributed by atoms with Crippen molar-refractivity contribution in [3.05, 3.63) is 45.9 Å². The maximum Gasteiger partial charge on any atom is 0.347 e. The van der Waals surface area contributed by atoms with Gasteiger partial charge in [0.1, 0.15) is 10.6 Å². The Morgan fingerprint density at radius 3 is 2.94 bits per heavy atom. The number of methoxy groups -OCH3 is 1. The number of hydrogen-bond acceptors (Lipinski definition) is 4. The Morgan fingerprint density at radius 1 is 1.47 bits per heavy atom. The number of ether oxygens (including phenoxy) is 1. The van der Waals surface area contributed by atoms with E-state index in [1.807, 2.05) is 24.3 Å². The smallest absolute Gasteiger partial charge is 0.347 e. The third kappa shape index (κ3) is 2.45. The topological polar surface area (TPSA) is 59.4 Å². The molecule has 0 aliphatic heterocycles. The van der Waals surface area contributed by atoms with Gasteiger partial charge < -0.3 is 9.84 Å². The normalized spacial score (nSPS) is 10.2. The number of carboxylic acids is 1. The summed E-state index contributed by atoms with van der Waals surface area (Å²) in [6, 6.07) is 7.53. The highest BCUT2D eigenvalue weighted by molar-refractivity contribution is 7.11. The zero-order valence-electron chi connectivity index (χ0n) is 9.21. The maximum absolute atomic E-state index is 11.0. The van der Waals surface area contributed by atoms with Crippen molar-refractivity contribution in [3.8, 4) is 5.75 Å². The van der Waals surface area contributed by atoms with Crippen LogP contribution in [0.4, 0.5) is 0 Å². The molecule has 0 bridgehead atoms. The van der Waals surface area contributed by atoms with Gasteiger partial charge in [0.2, 0.25) is 0 Å². The lowest BCUT2D eigenvalue weighted by Crippen LogP contribution is -2.01. The molecule has 4 nitrogen and oxygen atoms in total. The predicted octanol–water partition coefficient (Wildman–Crippen LogP) is 2.44. The molecule has 2 aromatic rings. The number of benzene rings is 1. The third-order valence-corrected chi connectivity index (χ3v) is 3.24. The van der Waals surface area contributed by atoms with Crippen molar-refractivity contribution < 1.29 is 14.6 Å². The Morgan fingerprint density at radius 2 is 2.24 bits per heavy atom. The molecule has 17 heavy (non-hydrogen) atoms. The van der Waals surface area contributed by atoms with E-state index in [1.165, 1.54) is 0 Å². The maximum atomic E-state index is 11.0. The summed E-state index contributed by atoms with van der Waals surface area (Å²) in [5, 5.41) is 9.00. The number of aromatic carboxylic acids is 1. The van der Waals surface area contributed by atoms with Gasteiger partial charge in [-0.05, 0) is 6.07 Å². The number of nitrogens with zero attached hydrogens (tertiary/aromatic N) is 1. The first kappa shape index (κ1) is 11.6. The molecule has 0 fully saturated rings. The van der Waals surface area contributed by atoms with Crippen molar-refractivity contribution in [3.63, 3.8) is 0 Å². The molecule has 1 aromatic carbocycles. The summed E-state index contributed by atoms with van der Waals surface area (Å²) in [5.74, 6) is -0.186. The molecule has 0 saturated carbocycles. The largest absolute Gasteiger partial charge is 0.496 e. The third-order valence-electron chi connectivity index (χ3n) is 2.39. The highest BCUT2D eigenvalue weighted by Crippen LogP contribution is 2.23. The van der Waals surface area contributed by atoms with Crippen LogP contribution in [-0.4, -0.2) is 23.2 Å². The van der Waals surface area contributed by atoms with Crippen molar-refractivity contribution in [2.75, 3.05) is 7.11 Å². The minimum atomic E-state index is -0.933. The van der Waals surface area contributed by atoms with Crippen LogP contribution in [0.2, 0.25) is 0 Å². The van der Waals surface area contributed by atoms with Gasteiger partial charge in [-0.15, -0.1) is 11.3 Å². The molecule has 0 spiro atoms. The van der Waals surface area contributed by atoms with Crippen LogP contribution < -0.4 is 4.74 Å².